The van der Waals surface area contributed by atoms with Crippen LogP contribution in [0.5, 0.6) is 5.75 Å². The van der Waals surface area contributed by atoms with E-state index in [0.717, 1.165) is 10.9 Å². The number of fused-ring (bicyclic) bond motifs is 1. The van der Waals surface area contributed by atoms with Crippen molar-refractivity contribution < 1.29 is 34.5 Å². The molecular formula is C30H35N7O7. The van der Waals surface area contributed by atoms with Crippen LogP contribution in [0.25, 0.3) is 10.9 Å². The molecule has 2 aromatic carbocycles. The molecule has 0 saturated heterocycles. The van der Waals surface area contributed by atoms with Crippen molar-refractivity contribution in [2.75, 3.05) is 0 Å². The number of para-hydroxylation sites is 1. The van der Waals surface area contributed by atoms with E-state index in [1.165, 1.54) is 31.6 Å². The van der Waals surface area contributed by atoms with Crippen LogP contribution in [0.4, 0.5) is 0 Å². The molecule has 14 nitrogen and oxygen atoms in total. The molecular weight excluding hydrogens is 570 g/mol. The predicted octanol–water partition coefficient (Wildman–Crippen LogP) is -0.128. The molecule has 3 amide bonds. The zero-order chi connectivity index (χ0) is 31.8. The van der Waals surface area contributed by atoms with Gasteiger partial charge in [-0.1, -0.05) is 30.3 Å². The van der Waals surface area contributed by atoms with Crippen molar-refractivity contribution in [3.05, 3.63) is 84.1 Å². The minimum Gasteiger partial charge on any atom is -0.508 e. The topological polar surface area (TPSA) is 236 Å². The first-order chi connectivity index (χ1) is 21.0. The number of aliphatic hydroxyl groups excluding tert-OH is 1. The van der Waals surface area contributed by atoms with Crippen LogP contribution < -0.4 is 21.7 Å². The van der Waals surface area contributed by atoms with Crippen molar-refractivity contribution in [2.24, 2.45) is 5.73 Å². The smallest absolute Gasteiger partial charge is 0.326 e. The van der Waals surface area contributed by atoms with Gasteiger partial charge in [-0.05, 0) is 36.2 Å². The Labute approximate surface area is 252 Å². The van der Waals surface area contributed by atoms with Crippen molar-refractivity contribution >= 4 is 34.6 Å². The van der Waals surface area contributed by atoms with Crippen LogP contribution in [0.2, 0.25) is 0 Å². The molecule has 10 N–H and O–H groups in total. The zero-order valence-corrected chi connectivity index (χ0v) is 23.9. The van der Waals surface area contributed by atoms with Crippen LogP contribution in [-0.4, -0.2) is 84.2 Å². The highest BCUT2D eigenvalue weighted by atomic mass is 16.4. The fourth-order valence-corrected chi connectivity index (χ4v) is 4.65. The Morgan fingerprint density at radius 2 is 1.50 bits per heavy atom. The Balaban J connectivity index is 1.60. The molecule has 5 atom stereocenters. The van der Waals surface area contributed by atoms with Crippen LogP contribution in [0.3, 0.4) is 0 Å². The first-order valence-corrected chi connectivity index (χ1v) is 13.9. The van der Waals surface area contributed by atoms with Gasteiger partial charge in [0.2, 0.25) is 17.7 Å². The molecule has 0 saturated carbocycles. The maximum absolute atomic E-state index is 13.8. The number of aromatic amines is 2. The summed E-state index contributed by atoms with van der Waals surface area (Å²) in [5, 5.41) is 37.9. The molecule has 232 valence electrons. The first-order valence-electron chi connectivity index (χ1n) is 13.9. The third kappa shape index (κ3) is 8.20. The van der Waals surface area contributed by atoms with E-state index >= 15 is 0 Å². The molecule has 0 aliphatic carbocycles. The number of amides is 3. The second kappa shape index (κ2) is 14.3. The number of phenols is 1. The number of hydrogen-bond acceptors (Lipinski definition) is 8. The molecule has 0 aliphatic rings. The molecule has 0 fully saturated rings. The van der Waals surface area contributed by atoms with Gasteiger partial charge < -0.3 is 47.0 Å². The second-order valence-corrected chi connectivity index (χ2v) is 10.5. The summed E-state index contributed by atoms with van der Waals surface area (Å²) in [6, 6.07) is 8.20. The lowest BCUT2D eigenvalue weighted by Gasteiger charge is -2.26. The van der Waals surface area contributed by atoms with E-state index in [1.807, 2.05) is 24.3 Å². The number of phenolic OH excluding ortho intramolecular Hbond substituents is 1. The lowest BCUT2D eigenvalue weighted by molar-refractivity contribution is -0.142. The number of H-pyrrole nitrogens is 2. The average Bonchev–Trinajstić information content (AvgIpc) is 3.66. The highest BCUT2D eigenvalue weighted by Crippen LogP contribution is 2.20. The number of carbonyl (C=O) groups excluding carboxylic acids is 3. The monoisotopic (exact) mass is 605 g/mol. The number of nitrogens with two attached hydrogens (primary N) is 1. The number of aromatic nitrogens is 3. The summed E-state index contributed by atoms with van der Waals surface area (Å²) >= 11 is 0. The van der Waals surface area contributed by atoms with Gasteiger partial charge in [-0.25, -0.2) is 9.78 Å². The van der Waals surface area contributed by atoms with E-state index in [9.17, 15) is 34.5 Å². The summed E-state index contributed by atoms with van der Waals surface area (Å²) in [4.78, 5) is 61.9. The number of imidazole rings is 1. The van der Waals surface area contributed by atoms with Crippen LogP contribution in [0.15, 0.2) is 67.3 Å². The predicted molar refractivity (Wildman–Crippen MR) is 159 cm³/mol. The fourth-order valence-electron chi connectivity index (χ4n) is 4.65. The van der Waals surface area contributed by atoms with E-state index in [4.69, 9.17) is 5.73 Å². The third-order valence-corrected chi connectivity index (χ3v) is 7.16. The number of aromatic hydroxyl groups is 1. The molecule has 0 radical (unpaired) electrons. The van der Waals surface area contributed by atoms with Crippen LogP contribution in [0.1, 0.15) is 23.7 Å². The molecule has 0 spiro atoms. The molecule has 5 unspecified atom stereocenters. The number of carbonyl (C=O) groups is 4. The van der Waals surface area contributed by atoms with Gasteiger partial charge >= 0.3 is 5.97 Å². The Bertz CT molecular complexity index is 1580. The summed E-state index contributed by atoms with van der Waals surface area (Å²) in [6.45, 7) is 1.35. The Morgan fingerprint density at radius 3 is 2.14 bits per heavy atom. The van der Waals surface area contributed by atoms with Gasteiger partial charge in [-0.2, -0.15) is 0 Å². The average molecular weight is 606 g/mol. The maximum Gasteiger partial charge on any atom is 0.326 e. The number of rotatable bonds is 14. The van der Waals surface area contributed by atoms with E-state index < -0.39 is 54.0 Å². The number of aliphatic carboxylic acids is 1. The molecule has 4 aromatic rings. The number of benzene rings is 2. The van der Waals surface area contributed by atoms with Crippen molar-refractivity contribution in [1.82, 2.24) is 30.9 Å². The molecule has 2 aromatic heterocycles. The van der Waals surface area contributed by atoms with Gasteiger partial charge in [0.05, 0.1) is 12.4 Å². The summed E-state index contributed by atoms with van der Waals surface area (Å²) in [7, 11) is 0. The van der Waals surface area contributed by atoms with Crippen molar-refractivity contribution in [3.8, 4) is 5.75 Å². The summed E-state index contributed by atoms with van der Waals surface area (Å²) in [6.07, 6.45) is 3.21. The molecule has 0 bridgehead atoms. The Hall–Kier alpha value is -5.21. The van der Waals surface area contributed by atoms with Crippen molar-refractivity contribution in [2.45, 2.75) is 56.5 Å². The number of hydrogen-bond donors (Lipinski definition) is 9. The number of nitrogens with one attached hydrogen (secondary N) is 5. The van der Waals surface area contributed by atoms with E-state index in [0.29, 0.717) is 16.8 Å². The third-order valence-electron chi connectivity index (χ3n) is 7.16. The number of carboxylic acids is 1. The largest absolute Gasteiger partial charge is 0.508 e. The SMILES string of the molecule is CC(O)C(N)C(=O)NC(Cc1c[nH]c2ccccc12)C(=O)NC(Cc1ccc(O)cc1)C(=O)NC(Cc1cnc[nH]1)C(=O)O. The second-order valence-electron chi connectivity index (χ2n) is 10.5. The zero-order valence-electron chi connectivity index (χ0n) is 23.9. The van der Waals surface area contributed by atoms with Gasteiger partial charge in [0, 0.05) is 48.3 Å². The van der Waals surface area contributed by atoms with Crippen LogP contribution in [0, 0.1) is 0 Å². The van der Waals surface area contributed by atoms with Crippen LogP contribution >= 0.6 is 0 Å². The number of aliphatic hydroxyl groups is 1. The van der Waals surface area contributed by atoms with Crippen molar-refractivity contribution in [1.29, 1.82) is 0 Å². The van der Waals surface area contributed by atoms with Gasteiger partial charge in [-0.3, -0.25) is 14.4 Å². The molecule has 4 rings (SSSR count). The van der Waals surface area contributed by atoms with E-state index in [1.54, 1.807) is 18.3 Å². The molecule has 14 heteroatoms. The van der Waals surface area contributed by atoms with Gasteiger partial charge in [0.25, 0.3) is 0 Å². The molecule has 2 heterocycles. The Kier molecular flexibility index (Phi) is 10.3. The summed E-state index contributed by atoms with van der Waals surface area (Å²) in [5.41, 5.74) is 8.39. The Morgan fingerprint density at radius 1 is 0.864 bits per heavy atom. The summed E-state index contributed by atoms with van der Waals surface area (Å²) < 4.78 is 0. The lowest BCUT2D eigenvalue weighted by Crippen LogP contribution is -2.59. The minimum absolute atomic E-state index is 0.000224. The van der Waals surface area contributed by atoms with E-state index in [-0.39, 0.29) is 25.0 Å². The highest BCUT2D eigenvalue weighted by molar-refractivity contribution is 5.95. The highest BCUT2D eigenvalue weighted by Gasteiger charge is 2.32. The quantitative estimate of drug-likeness (QED) is 0.0929. The number of nitrogens with zero attached hydrogens (tertiary/aromatic N) is 1. The first kappa shape index (κ1) is 31.7. The molecule has 0 aliphatic heterocycles. The maximum atomic E-state index is 13.8. The standard InChI is InChI=1S/C30H35N7O7/c1-16(38)26(31)29(42)36-24(11-18-13-33-22-5-3-2-4-21(18)22)28(41)35-23(10-17-6-8-20(39)9-7-17)27(40)37-25(30(43)44)12-19-14-32-15-34-19/h2-9,13-16,23-26,33,38-39H,10-12,31H2,1H3,(H,32,34)(H,35,41)(H,36,42)(H,37,40)(H,43,44). The van der Waals surface area contributed by atoms with Gasteiger partial charge in [0.15, 0.2) is 0 Å². The van der Waals surface area contributed by atoms with E-state index in [2.05, 4.69) is 30.9 Å². The lowest BCUT2D eigenvalue weighted by atomic mass is 10.0. The van der Waals surface area contributed by atoms with Gasteiger partial charge in [0.1, 0.15) is 29.9 Å². The molecule has 44 heavy (non-hydrogen) atoms. The summed E-state index contributed by atoms with van der Waals surface area (Å²) in [5.74, 6) is -3.58. The van der Waals surface area contributed by atoms with Crippen molar-refractivity contribution in [3.63, 3.8) is 0 Å². The fraction of sp³-hybridized carbons (Fsp3) is 0.300. The minimum atomic E-state index is -1.34. The van der Waals surface area contributed by atoms with Crippen LogP contribution in [-0.2, 0) is 38.4 Å². The number of carboxylic acid groups (broad SMARTS) is 1. The van der Waals surface area contributed by atoms with Gasteiger partial charge in [-0.15, -0.1) is 0 Å². The normalized spacial score (nSPS) is 14.6.